The average Bonchev–Trinajstić information content (AvgIpc) is 3.15. The van der Waals surface area contributed by atoms with E-state index in [1.165, 1.54) is 135 Å². The van der Waals surface area contributed by atoms with Gasteiger partial charge in [0.25, 0.3) is 0 Å². The Hall–Kier alpha value is -1.12. The number of hydrogen-bond acceptors (Lipinski definition) is 4. The number of unbranched alkanes of at least 4 members (excludes halogenated alkanes) is 15. The lowest BCUT2D eigenvalue weighted by Gasteiger charge is -2.22. The van der Waals surface area contributed by atoms with Crippen LogP contribution in [0.3, 0.4) is 0 Å². The molecule has 0 saturated carbocycles. The first kappa shape index (κ1) is 39.7. The number of rotatable bonds is 25. The molecule has 258 valence electrons. The number of hydrogen-bond donors (Lipinski definition) is 0. The Labute approximate surface area is 311 Å². The fraction of sp³-hybridized carbons (Fsp3) is 0.429. The lowest BCUT2D eigenvalue weighted by molar-refractivity contribution is 0.532. The maximum atomic E-state index is 6.36. The zero-order valence-corrected chi connectivity index (χ0v) is 33.9. The molecule has 0 radical (unpaired) electrons. The van der Waals surface area contributed by atoms with Gasteiger partial charge in [0.1, 0.15) is 0 Å². The highest BCUT2D eigenvalue weighted by atomic mass is 32.9. The molecular formula is C42H56P2S4. The van der Waals surface area contributed by atoms with E-state index in [4.69, 9.17) is 23.6 Å². The third-order valence-electron chi connectivity index (χ3n) is 8.97. The molecule has 0 N–H and O–H groups in total. The van der Waals surface area contributed by atoms with Gasteiger partial charge in [-0.15, -0.1) is 22.8 Å². The molecule has 0 aromatic heterocycles. The maximum Gasteiger partial charge on any atom is 0.0613 e. The standard InChI is InChI=1S/C42H56P2S4/c45-43(39-29-19-15-20-30-39,40-31-21-16-22-32-40)47-37-27-13-11-9-7-5-3-1-2-4-6-8-10-12-14-28-38-48-44(46,41-33-23-17-24-34-41)42-35-25-18-26-36-42/h15-26,29-36H,1-14,27-28,37-38H2. The summed E-state index contributed by atoms with van der Waals surface area (Å²) in [6, 6.07) is 43.3. The van der Waals surface area contributed by atoms with E-state index in [-0.39, 0.29) is 0 Å². The smallest absolute Gasteiger partial charge is 0.0613 e. The zero-order chi connectivity index (χ0) is 33.6. The van der Waals surface area contributed by atoms with Crippen molar-refractivity contribution in [1.29, 1.82) is 0 Å². The summed E-state index contributed by atoms with van der Waals surface area (Å²) in [6.07, 6.45) is 22.1. The van der Waals surface area contributed by atoms with Crippen LogP contribution in [0.15, 0.2) is 121 Å². The molecule has 0 heterocycles. The average molecular weight is 751 g/mol. The molecule has 48 heavy (non-hydrogen) atoms. The molecule has 6 heteroatoms. The second-order valence-corrected chi connectivity index (χ2v) is 27.9. The van der Waals surface area contributed by atoms with Crippen molar-refractivity contribution in [3.8, 4) is 0 Å². The molecule has 0 bridgehead atoms. The summed E-state index contributed by atoms with van der Waals surface area (Å²) in [5.41, 5.74) is 0. The van der Waals surface area contributed by atoms with Gasteiger partial charge in [-0.05, 0) is 45.6 Å². The van der Waals surface area contributed by atoms with Crippen LogP contribution in [0.5, 0.6) is 0 Å². The highest BCUT2D eigenvalue weighted by molar-refractivity contribution is 8.75. The van der Waals surface area contributed by atoms with E-state index in [1.807, 2.05) is 22.8 Å². The highest BCUT2D eigenvalue weighted by Gasteiger charge is 2.23. The van der Waals surface area contributed by atoms with E-state index in [2.05, 4.69) is 121 Å². The van der Waals surface area contributed by atoms with Gasteiger partial charge >= 0.3 is 0 Å². The van der Waals surface area contributed by atoms with E-state index in [9.17, 15) is 0 Å². The molecule has 0 aliphatic heterocycles. The Kier molecular flexibility index (Phi) is 19.3. The quantitative estimate of drug-likeness (QED) is 0.0488. The van der Waals surface area contributed by atoms with Gasteiger partial charge < -0.3 is 0 Å². The third kappa shape index (κ3) is 13.5. The minimum absolute atomic E-state index is 1.17. The highest BCUT2D eigenvalue weighted by Crippen LogP contribution is 2.57. The largest absolute Gasteiger partial charge is 0.115 e. The van der Waals surface area contributed by atoms with Crippen LogP contribution in [0.2, 0.25) is 0 Å². The van der Waals surface area contributed by atoms with Crippen molar-refractivity contribution >= 4 is 78.1 Å². The molecule has 0 saturated heterocycles. The summed E-state index contributed by atoms with van der Waals surface area (Å²) in [4.78, 5) is 0. The first-order valence-electron chi connectivity index (χ1n) is 18.3. The normalized spacial score (nSPS) is 11.9. The Morgan fingerprint density at radius 3 is 0.688 bits per heavy atom. The number of benzene rings is 4. The lowest BCUT2D eigenvalue weighted by atomic mass is 10.0. The second kappa shape index (κ2) is 23.4. The molecule has 0 aliphatic carbocycles. The van der Waals surface area contributed by atoms with Crippen molar-refractivity contribution in [1.82, 2.24) is 0 Å². The van der Waals surface area contributed by atoms with Crippen molar-refractivity contribution < 1.29 is 0 Å². The molecule has 4 aromatic rings. The first-order chi connectivity index (χ1) is 23.6. The summed E-state index contributed by atoms with van der Waals surface area (Å²) in [5, 5.41) is 1.75. The summed E-state index contributed by atoms with van der Waals surface area (Å²) in [7, 11) is 0. The van der Waals surface area contributed by atoms with Gasteiger partial charge in [0.15, 0.2) is 0 Å². The molecule has 0 nitrogen and oxygen atoms in total. The molecule has 0 atom stereocenters. The molecule has 0 amide bonds. The van der Waals surface area contributed by atoms with Crippen LogP contribution in [-0.2, 0) is 23.6 Å². The fourth-order valence-corrected chi connectivity index (χ4v) is 19.2. The summed E-state index contributed by atoms with van der Waals surface area (Å²) in [6.45, 7) is 0. The Balaban J connectivity index is 0.945. The van der Waals surface area contributed by atoms with Crippen molar-refractivity contribution in [3.63, 3.8) is 0 Å². The summed E-state index contributed by atoms with van der Waals surface area (Å²) >= 11 is 16.8. The van der Waals surface area contributed by atoms with Crippen molar-refractivity contribution in [3.05, 3.63) is 121 Å². The molecular weight excluding hydrogens is 695 g/mol. The minimum atomic E-state index is -1.79. The SMILES string of the molecule is S=P(SCCCCCCCCCCCCCCCCCCSP(=S)(c1ccccc1)c1ccccc1)(c1ccccc1)c1ccccc1. The third-order valence-corrected chi connectivity index (χ3v) is 24.8. The predicted molar refractivity (Wildman–Crippen MR) is 232 cm³/mol. The molecule has 4 aromatic carbocycles. The Morgan fingerprint density at radius 2 is 0.479 bits per heavy atom. The van der Waals surface area contributed by atoms with Gasteiger partial charge in [0.2, 0.25) is 0 Å². The van der Waals surface area contributed by atoms with Crippen LogP contribution < -0.4 is 21.2 Å². The molecule has 0 unspecified atom stereocenters. The zero-order valence-electron chi connectivity index (χ0n) is 28.8. The van der Waals surface area contributed by atoms with Crippen molar-refractivity contribution in [2.45, 2.75) is 103 Å². The van der Waals surface area contributed by atoms with E-state index in [1.54, 1.807) is 0 Å². The fourth-order valence-electron chi connectivity index (χ4n) is 6.16. The van der Waals surface area contributed by atoms with Gasteiger partial charge in [-0.1, -0.05) is 235 Å². The maximum absolute atomic E-state index is 6.36. The van der Waals surface area contributed by atoms with Crippen LogP contribution in [0.1, 0.15) is 103 Å². The van der Waals surface area contributed by atoms with Gasteiger partial charge in [-0.2, -0.15) is 0 Å². The van der Waals surface area contributed by atoms with Crippen LogP contribution >= 0.6 is 33.2 Å². The van der Waals surface area contributed by atoms with E-state index < -0.39 is 10.5 Å². The van der Waals surface area contributed by atoms with Crippen LogP contribution in [0.4, 0.5) is 0 Å². The lowest BCUT2D eigenvalue weighted by Crippen LogP contribution is -2.13. The van der Waals surface area contributed by atoms with Gasteiger partial charge in [-0.25, -0.2) is 0 Å². The molecule has 0 aliphatic rings. The van der Waals surface area contributed by atoms with Crippen molar-refractivity contribution in [2.75, 3.05) is 11.5 Å². The van der Waals surface area contributed by atoms with E-state index >= 15 is 0 Å². The first-order valence-corrected chi connectivity index (χ1v) is 27.1. The van der Waals surface area contributed by atoms with Gasteiger partial charge in [-0.3, -0.25) is 0 Å². The summed E-state index contributed by atoms with van der Waals surface area (Å²) in [5.74, 6) is 2.33. The van der Waals surface area contributed by atoms with Crippen LogP contribution in [-0.4, -0.2) is 11.5 Å². The van der Waals surface area contributed by atoms with E-state index in [0.717, 1.165) is 0 Å². The van der Waals surface area contributed by atoms with Crippen molar-refractivity contribution in [2.24, 2.45) is 0 Å². The topological polar surface area (TPSA) is 0 Å². The van der Waals surface area contributed by atoms with E-state index in [0.29, 0.717) is 0 Å². The predicted octanol–water partition coefficient (Wildman–Crippen LogP) is 12.8. The molecule has 4 rings (SSSR count). The Morgan fingerprint density at radius 1 is 0.292 bits per heavy atom. The van der Waals surface area contributed by atoms with Gasteiger partial charge in [0.05, 0.1) is 10.5 Å². The molecule has 0 fully saturated rings. The van der Waals surface area contributed by atoms with Crippen LogP contribution in [0.25, 0.3) is 0 Å². The Bertz CT molecular complexity index is 1280. The van der Waals surface area contributed by atoms with Crippen LogP contribution in [0, 0.1) is 0 Å². The monoisotopic (exact) mass is 750 g/mol. The minimum Gasteiger partial charge on any atom is -0.115 e. The van der Waals surface area contributed by atoms with Gasteiger partial charge in [0, 0.05) is 0 Å². The summed E-state index contributed by atoms with van der Waals surface area (Å²) < 4.78 is 0. The second-order valence-electron chi connectivity index (χ2n) is 12.8. The molecule has 0 spiro atoms.